The van der Waals surface area contributed by atoms with Gasteiger partial charge in [0.1, 0.15) is 5.75 Å². The lowest BCUT2D eigenvalue weighted by molar-refractivity contribution is 0.360. The largest absolute Gasteiger partial charge is 0.497 e. The molecule has 2 heterocycles. The summed E-state index contributed by atoms with van der Waals surface area (Å²) in [5.41, 5.74) is 4.90. The second-order valence-corrected chi connectivity index (χ2v) is 9.81. The van der Waals surface area contributed by atoms with Crippen molar-refractivity contribution in [3.05, 3.63) is 104 Å². The number of halogens is 1. The fourth-order valence-electron chi connectivity index (χ4n) is 3.67. The molecule has 1 N–H and O–H groups in total. The first-order valence-electron chi connectivity index (χ1n) is 10.7. The van der Waals surface area contributed by atoms with Crippen LogP contribution in [-0.4, -0.2) is 29.2 Å². The van der Waals surface area contributed by atoms with Crippen molar-refractivity contribution in [2.24, 2.45) is 10.1 Å². The number of hydrazone groups is 1. The average Bonchev–Trinajstić information content (AvgIpc) is 3.28. The van der Waals surface area contributed by atoms with Crippen molar-refractivity contribution in [1.29, 1.82) is 0 Å². The third-order valence-electron chi connectivity index (χ3n) is 5.33. The number of methoxy groups -OCH3 is 1. The Hall–Kier alpha value is -3.24. The summed E-state index contributed by atoms with van der Waals surface area (Å²) >= 11 is 3.92. The molecule has 1 unspecified atom stereocenters. The zero-order chi connectivity index (χ0) is 23.5. The number of nitrogens with one attached hydrogen (secondary N) is 1. The van der Waals surface area contributed by atoms with Gasteiger partial charge in [-0.1, -0.05) is 30.3 Å². The Kier molecular flexibility index (Phi) is 6.59. The van der Waals surface area contributed by atoms with E-state index in [1.807, 2.05) is 66.0 Å². The molecule has 0 aliphatic carbocycles. The predicted octanol–water partition coefficient (Wildman–Crippen LogP) is 6.60. The average molecular weight is 579 g/mol. The highest BCUT2D eigenvalue weighted by atomic mass is 127. The summed E-state index contributed by atoms with van der Waals surface area (Å²) in [6.45, 7) is 2.00. The van der Waals surface area contributed by atoms with Gasteiger partial charge in [-0.3, -0.25) is 0 Å². The van der Waals surface area contributed by atoms with Gasteiger partial charge in [-0.05, 0) is 77.5 Å². The van der Waals surface area contributed by atoms with Crippen LogP contribution in [0.5, 0.6) is 5.75 Å². The van der Waals surface area contributed by atoms with E-state index in [0.29, 0.717) is 0 Å². The lowest BCUT2D eigenvalue weighted by Gasteiger charge is -2.35. The van der Waals surface area contributed by atoms with E-state index >= 15 is 0 Å². The van der Waals surface area contributed by atoms with Gasteiger partial charge < -0.3 is 10.1 Å². The van der Waals surface area contributed by atoms with E-state index in [1.165, 1.54) is 0 Å². The second-order valence-electron chi connectivity index (χ2n) is 7.71. The molecular weight excluding hydrogens is 557 g/mol. The minimum atomic E-state index is -0.280. The number of aryl methyl sites for hydroxylation is 1. The molecule has 1 aliphatic heterocycles. The van der Waals surface area contributed by atoms with Crippen LogP contribution in [0, 0.1) is 10.5 Å². The number of thiazole rings is 1. The first kappa shape index (κ1) is 22.5. The van der Waals surface area contributed by atoms with E-state index in [4.69, 9.17) is 14.8 Å². The van der Waals surface area contributed by atoms with Crippen molar-refractivity contribution in [2.45, 2.75) is 13.1 Å². The van der Waals surface area contributed by atoms with E-state index in [9.17, 15) is 0 Å². The molecule has 0 spiro atoms. The Morgan fingerprint density at radius 3 is 2.59 bits per heavy atom. The zero-order valence-electron chi connectivity index (χ0n) is 18.6. The molecule has 1 aliphatic rings. The van der Waals surface area contributed by atoms with E-state index in [1.54, 1.807) is 18.4 Å². The number of aliphatic imine (C=N–C) groups is 1. The highest BCUT2D eigenvalue weighted by Gasteiger charge is 2.31. The van der Waals surface area contributed by atoms with Crippen molar-refractivity contribution in [2.75, 3.05) is 12.4 Å². The Morgan fingerprint density at radius 1 is 1.09 bits per heavy atom. The van der Waals surface area contributed by atoms with Gasteiger partial charge in [0.05, 0.1) is 24.7 Å². The van der Waals surface area contributed by atoms with Crippen LogP contribution in [0.1, 0.15) is 28.6 Å². The van der Waals surface area contributed by atoms with Crippen LogP contribution in [-0.2, 0) is 0 Å². The van der Waals surface area contributed by atoms with Gasteiger partial charge in [-0.2, -0.15) is 5.10 Å². The zero-order valence-corrected chi connectivity index (χ0v) is 21.6. The molecule has 8 heteroatoms. The van der Waals surface area contributed by atoms with Crippen LogP contribution in [0.15, 0.2) is 88.3 Å². The standard InChI is InChI=1S/C26H22IN5OS/c1-17-16-34-26(29-17)31-25-22-14-20(27)10-13-23(22)30-24(19-6-4-3-5-7-19)32(25)28-15-18-8-11-21(33-2)12-9-18/h3-16,25H,1-2H3,(H,29,31)/b28-15+. The Labute approximate surface area is 216 Å². The quantitative estimate of drug-likeness (QED) is 0.207. The number of aromatic nitrogens is 1. The Morgan fingerprint density at radius 2 is 1.88 bits per heavy atom. The fourth-order valence-corrected chi connectivity index (χ4v) is 4.89. The van der Waals surface area contributed by atoms with Gasteiger partial charge >= 0.3 is 0 Å². The van der Waals surface area contributed by atoms with Crippen LogP contribution < -0.4 is 10.1 Å². The lowest BCUT2D eigenvalue weighted by Crippen LogP contribution is -2.38. The number of ether oxygens (including phenoxy) is 1. The molecule has 0 radical (unpaired) electrons. The molecule has 1 aromatic heterocycles. The van der Waals surface area contributed by atoms with E-state index in [-0.39, 0.29) is 6.17 Å². The molecule has 3 aromatic carbocycles. The van der Waals surface area contributed by atoms with Gasteiger partial charge in [0, 0.05) is 20.1 Å². The highest BCUT2D eigenvalue weighted by Crippen LogP contribution is 2.38. The smallest absolute Gasteiger partial charge is 0.184 e. The molecule has 4 aromatic rings. The van der Waals surface area contributed by atoms with Gasteiger partial charge in [0.25, 0.3) is 0 Å². The van der Waals surface area contributed by atoms with Crippen molar-refractivity contribution in [3.63, 3.8) is 0 Å². The molecule has 6 nitrogen and oxygen atoms in total. The summed E-state index contributed by atoms with van der Waals surface area (Å²) in [6, 6.07) is 24.2. The monoisotopic (exact) mass is 579 g/mol. The number of fused-ring (bicyclic) bond motifs is 1. The van der Waals surface area contributed by atoms with Crippen molar-refractivity contribution in [1.82, 2.24) is 9.99 Å². The van der Waals surface area contributed by atoms with Crippen molar-refractivity contribution in [3.8, 4) is 5.75 Å². The van der Waals surface area contributed by atoms with E-state index < -0.39 is 0 Å². The molecule has 0 saturated heterocycles. The molecule has 0 amide bonds. The predicted molar refractivity (Wildman–Crippen MR) is 147 cm³/mol. The first-order chi connectivity index (χ1) is 16.6. The summed E-state index contributed by atoms with van der Waals surface area (Å²) in [5, 5.41) is 13.4. The summed E-state index contributed by atoms with van der Waals surface area (Å²) in [6.07, 6.45) is 1.57. The van der Waals surface area contributed by atoms with E-state index in [0.717, 1.165) is 48.4 Å². The molecule has 1 atom stereocenters. The number of benzene rings is 3. The van der Waals surface area contributed by atoms with Crippen LogP contribution in [0.3, 0.4) is 0 Å². The lowest BCUT2D eigenvalue weighted by atomic mass is 10.1. The number of hydrogen-bond acceptors (Lipinski definition) is 7. The molecule has 170 valence electrons. The maximum atomic E-state index is 5.28. The highest BCUT2D eigenvalue weighted by molar-refractivity contribution is 14.1. The number of rotatable bonds is 6. The molecule has 5 rings (SSSR count). The Bertz CT molecular complexity index is 1350. The summed E-state index contributed by atoms with van der Waals surface area (Å²) in [7, 11) is 1.66. The number of nitrogens with zero attached hydrogens (tertiary/aromatic N) is 4. The number of hydrogen-bond donors (Lipinski definition) is 1. The number of amidine groups is 1. The first-order valence-corrected chi connectivity index (χ1v) is 12.7. The number of anilines is 1. The van der Waals surface area contributed by atoms with Crippen molar-refractivity contribution >= 4 is 56.8 Å². The second kappa shape index (κ2) is 9.94. The molecular formula is C26H22IN5OS. The fraction of sp³-hybridized carbons (Fsp3) is 0.115. The van der Waals surface area contributed by atoms with Crippen LogP contribution >= 0.6 is 33.9 Å². The maximum absolute atomic E-state index is 5.28. The van der Waals surface area contributed by atoms with Gasteiger partial charge in [0.15, 0.2) is 17.1 Å². The normalized spacial score (nSPS) is 15.2. The minimum Gasteiger partial charge on any atom is -0.497 e. The van der Waals surface area contributed by atoms with Crippen LogP contribution in [0.2, 0.25) is 0 Å². The van der Waals surface area contributed by atoms with E-state index in [2.05, 4.69) is 63.2 Å². The maximum Gasteiger partial charge on any atom is 0.184 e. The third-order valence-corrected chi connectivity index (χ3v) is 6.89. The minimum absolute atomic E-state index is 0.280. The Balaban J connectivity index is 1.62. The summed E-state index contributed by atoms with van der Waals surface area (Å²) in [5.74, 6) is 1.58. The molecule has 0 saturated carbocycles. The summed E-state index contributed by atoms with van der Waals surface area (Å²) < 4.78 is 6.42. The van der Waals surface area contributed by atoms with Crippen LogP contribution in [0.25, 0.3) is 0 Å². The topological polar surface area (TPSA) is 62.1 Å². The van der Waals surface area contributed by atoms with Crippen molar-refractivity contribution < 1.29 is 4.74 Å². The third kappa shape index (κ3) is 4.83. The molecule has 0 fully saturated rings. The van der Waals surface area contributed by atoms with Gasteiger partial charge in [-0.15, -0.1) is 11.3 Å². The molecule has 0 bridgehead atoms. The van der Waals surface area contributed by atoms with Gasteiger partial charge in [0.2, 0.25) is 0 Å². The SMILES string of the molecule is COc1ccc(/C=N/N2C(c3ccccc3)=Nc3ccc(I)cc3C2Nc2nc(C)cs2)cc1. The molecule has 34 heavy (non-hydrogen) atoms. The summed E-state index contributed by atoms with van der Waals surface area (Å²) in [4.78, 5) is 9.67. The van der Waals surface area contributed by atoms with Gasteiger partial charge in [-0.25, -0.2) is 15.0 Å². The van der Waals surface area contributed by atoms with Crippen LogP contribution in [0.4, 0.5) is 10.8 Å².